The summed E-state index contributed by atoms with van der Waals surface area (Å²) in [6.07, 6.45) is 15.0. The summed E-state index contributed by atoms with van der Waals surface area (Å²) in [7, 11) is 4.46. The maximum atomic E-state index is 2.69. The molecule has 0 atom stereocenters. The first-order valence-corrected chi connectivity index (χ1v) is 10.2. The second-order valence-corrected chi connectivity index (χ2v) is 7.35. The Labute approximate surface area is 145 Å². The van der Waals surface area contributed by atoms with Gasteiger partial charge in [0.05, 0.1) is 40.3 Å². The van der Waals surface area contributed by atoms with Gasteiger partial charge in [0.1, 0.15) is 0 Å². The number of rotatable bonds is 10. The van der Waals surface area contributed by atoms with Crippen molar-refractivity contribution in [2.45, 2.75) is 84.5 Å². The Morgan fingerprint density at radius 1 is 0.739 bits per heavy atom. The van der Waals surface area contributed by atoms with Crippen LogP contribution >= 0.6 is 0 Å². The van der Waals surface area contributed by atoms with Gasteiger partial charge in [0.2, 0.25) is 0 Å². The second-order valence-electron chi connectivity index (χ2n) is 7.35. The molecule has 1 aliphatic heterocycles. The maximum absolute atomic E-state index is 2.69. The highest BCUT2D eigenvalue weighted by atomic mass is 15.4. The first-order chi connectivity index (χ1) is 11.2. The Balaban J connectivity index is 2.70. The van der Waals surface area contributed by atoms with E-state index in [1.165, 1.54) is 103 Å². The van der Waals surface area contributed by atoms with Gasteiger partial charge in [-0.1, -0.05) is 52.4 Å². The van der Waals surface area contributed by atoms with E-state index in [1.807, 2.05) is 0 Å². The van der Waals surface area contributed by atoms with E-state index in [0.29, 0.717) is 0 Å². The lowest BCUT2D eigenvalue weighted by molar-refractivity contribution is -0.546. The molecule has 1 saturated heterocycles. The molecule has 0 saturated carbocycles. The number of nitrogens with zero attached hydrogens (tertiary/aromatic N) is 3. The average molecular weight is 325 g/mol. The van der Waals surface area contributed by atoms with E-state index in [0.717, 1.165) is 0 Å². The summed E-state index contributed by atoms with van der Waals surface area (Å²) < 4.78 is 2.64. The van der Waals surface area contributed by atoms with Crippen LogP contribution in [0.5, 0.6) is 0 Å². The monoisotopic (exact) mass is 324 g/mol. The Kier molecular flexibility index (Phi) is 11.2. The third-order valence-corrected chi connectivity index (χ3v) is 4.88. The minimum Gasteiger partial charge on any atom is -0.270 e. The molecule has 0 aromatic carbocycles. The minimum absolute atomic E-state index is 1.23. The maximum Gasteiger partial charge on any atom is 0.350 e. The number of unbranched alkanes of at least 4 members (excludes halogenated alkanes) is 6. The molecule has 136 valence electrons. The third kappa shape index (κ3) is 8.08. The average Bonchev–Trinajstić information content (AvgIpc) is 2.56. The molecule has 0 aliphatic carbocycles. The molecule has 3 nitrogen and oxygen atoms in total. The van der Waals surface area contributed by atoms with Gasteiger partial charge in [0, 0.05) is 0 Å². The van der Waals surface area contributed by atoms with Crippen LogP contribution in [0.15, 0.2) is 0 Å². The molecule has 0 aromatic heterocycles. The zero-order chi connectivity index (χ0) is 16.9. The Hall–Kier alpha value is -0.730. The van der Waals surface area contributed by atoms with Crippen molar-refractivity contribution in [3.05, 3.63) is 0 Å². The summed E-state index contributed by atoms with van der Waals surface area (Å²) in [4.78, 5) is 5.06. The number of hydrogen-bond acceptors (Lipinski definition) is 0. The summed E-state index contributed by atoms with van der Waals surface area (Å²) in [5.41, 5.74) is 0. The highest BCUT2D eigenvalue weighted by Gasteiger charge is 2.25. The van der Waals surface area contributed by atoms with E-state index in [2.05, 4.69) is 42.3 Å². The summed E-state index contributed by atoms with van der Waals surface area (Å²) in [5, 5.41) is 0. The van der Waals surface area contributed by atoms with Crippen LogP contribution in [-0.4, -0.2) is 60.6 Å². The van der Waals surface area contributed by atoms with Crippen molar-refractivity contribution in [1.82, 2.24) is 9.80 Å². The summed E-state index contributed by atoms with van der Waals surface area (Å²) in [5.74, 6) is 1.48. The van der Waals surface area contributed by atoms with Gasteiger partial charge in [-0.2, -0.15) is 0 Å². The van der Waals surface area contributed by atoms with Gasteiger partial charge >= 0.3 is 5.96 Å². The van der Waals surface area contributed by atoms with Gasteiger partial charge in [-0.3, -0.25) is 14.4 Å². The fourth-order valence-corrected chi connectivity index (χ4v) is 3.63. The van der Waals surface area contributed by atoms with Crippen LogP contribution in [0.3, 0.4) is 0 Å². The van der Waals surface area contributed by atoms with Crippen LogP contribution in [0.1, 0.15) is 84.5 Å². The summed E-state index contributed by atoms with van der Waals surface area (Å²) >= 11 is 0. The fourth-order valence-electron chi connectivity index (χ4n) is 3.63. The van der Waals surface area contributed by atoms with Crippen molar-refractivity contribution in [2.24, 2.45) is 0 Å². The third-order valence-electron chi connectivity index (χ3n) is 4.88. The van der Waals surface area contributed by atoms with Crippen molar-refractivity contribution < 1.29 is 4.58 Å². The van der Waals surface area contributed by atoms with E-state index in [4.69, 9.17) is 0 Å². The van der Waals surface area contributed by atoms with Gasteiger partial charge in [0.15, 0.2) is 0 Å². The molecule has 0 radical (unpaired) electrons. The quantitative estimate of drug-likeness (QED) is 0.331. The highest BCUT2D eigenvalue weighted by Crippen LogP contribution is 2.11. The van der Waals surface area contributed by atoms with Crippen molar-refractivity contribution in [2.75, 3.05) is 40.3 Å². The molecular weight excluding hydrogens is 282 g/mol. The van der Waals surface area contributed by atoms with Crippen LogP contribution in [-0.2, 0) is 0 Å². The van der Waals surface area contributed by atoms with E-state index in [9.17, 15) is 0 Å². The number of hydrogen-bond donors (Lipinski definition) is 0. The summed E-state index contributed by atoms with van der Waals surface area (Å²) in [6.45, 7) is 9.55. The van der Waals surface area contributed by atoms with Crippen molar-refractivity contribution in [3.63, 3.8) is 0 Å². The topological polar surface area (TPSA) is 9.49 Å². The van der Waals surface area contributed by atoms with Crippen molar-refractivity contribution in [3.8, 4) is 0 Å². The molecule has 0 spiro atoms. The van der Waals surface area contributed by atoms with E-state index < -0.39 is 0 Å². The zero-order valence-corrected chi connectivity index (χ0v) is 16.4. The molecule has 1 rings (SSSR count). The normalized spacial score (nSPS) is 14.9. The van der Waals surface area contributed by atoms with Crippen LogP contribution in [0, 0.1) is 0 Å². The van der Waals surface area contributed by atoms with Crippen molar-refractivity contribution in [1.29, 1.82) is 0 Å². The molecule has 3 heteroatoms. The Morgan fingerprint density at radius 2 is 1.26 bits per heavy atom. The largest absolute Gasteiger partial charge is 0.350 e. The van der Waals surface area contributed by atoms with Crippen LogP contribution in [0.4, 0.5) is 0 Å². The highest BCUT2D eigenvalue weighted by molar-refractivity contribution is 5.74. The SMILES string of the molecule is CCCCCCN(CCCCCC)C(N(C)C)=[N+]1CCCCC1. The summed E-state index contributed by atoms with van der Waals surface area (Å²) in [6, 6.07) is 0. The van der Waals surface area contributed by atoms with E-state index in [1.54, 1.807) is 0 Å². The number of piperidine rings is 1. The van der Waals surface area contributed by atoms with Crippen LogP contribution in [0.25, 0.3) is 0 Å². The fraction of sp³-hybridized carbons (Fsp3) is 0.950. The molecule has 0 unspecified atom stereocenters. The van der Waals surface area contributed by atoms with Crippen molar-refractivity contribution >= 4 is 5.96 Å². The molecular formula is C20H42N3+. The lowest BCUT2D eigenvalue weighted by atomic mass is 10.1. The molecule has 1 heterocycles. The van der Waals surface area contributed by atoms with E-state index >= 15 is 0 Å². The molecule has 0 amide bonds. The molecule has 1 fully saturated rings. The minimum atomic E-state index is 1.23. The van der Waals surface area contributed by atoms with Gasteiger partial charge in [-0.25, -0.2) is 0 Å². The van der Waals surface area contributed by atoms with Gasteiger partial charge in [-0.05, 0) is 32.1 Å². The molecule has 23 heavy (non-hydrogen) atoms. The predicted octanol–water partition coefficient (Wildman–Crippen LogP) is 4.56. The van der Waals surface area contributed by atoms with Crippen LogP contribution < -0.4 is 0 Å². The van der Waals surface area contributed by atoms with E-state index in [-0.39, 0.29) is 0 Å². The lowest BCUT2D eigenvalue weighted by Crippen LogP contribution is -2.48. The predicted molar refractivity (Wildman–Crippen MR) is 102 cm³/mol. The first kappa shape index (κ1) is 20.3. The lowest BCUT2D eigenvalue weighted by Gasteiger charge is -2.28. The first-order valence-electron chi connectivity index (χ1n) is 10.2. The molecule has 1 aliphatic rings. The van der Waals surface area contributed by atoms with Crippen LogP contribution in [0.2, 0.25) is 0 Å². The molecule has 0 aromatic rings. The standard InChI is InChI=1S/C20H42N3/c1-5-7-9-12-16-22(17-13-10-8-6-2)20(21(3)4)23-18-14-11-15-19-23/h5-19H2,1-4H3/q+1. The molecule has 0 N–H and O–H groups in total. The van der Waals surface area contributed by atoms with Gasteiger partial charge < -0.3 is 0 Å². The Bertz CT molecular complexity index is 303. The smallest absolute Gasteiger partial charge is 0.270 e. The van der Waals surface area contributed by atoms with Gasteiger partial charge in [-0.15, -0.1) is 0 Å². The second kappa shape index (κ2) is 12.7. The Morgan fingerprint density at radius 3 is 1.70 bits per heavy atom. The molecule has 0 bridgehead atoms. The van der Waals surface area contributed by atoms with Gasteiger partial charge in [0.25, 0.3) is 0 Å². The number of guanidine groups is 1. The zero-order valence-electron chi connectivity index (χ0n) is 16.4.